The lowest BCUT2D eigenvalue weighted by atomic mass is 10.0. The molecule has 1 heterocycles. The van der Waals surface area contributed by atoms with E-state index in [4.69, 9.17) is 5.73 Å². The number of aromatic nitrogens is 1. The van der Waals surface area contributed by atoms with Crippen LogP contribution in [0, 0.1) is 0 Å². The highest BCUT2D eigenvalue weighted by molar-refractivity contribution is 5.94. The van der Waals surface area contributed by atoms with Crippen molar-refractivity contribution in [2.45, 2.75) is 44.0 Å². The van der Waals surface area contributed by atoms with Gasteiger partial charge in [-0.2, -0.15) is 0 Å². The molecule has 12 heteroatoms. The lowest BCUT2D eigenvalue weighted by Gasteiger charge is -2.25. The van der Waals surface area contributed by atoms with Crippen molar-refractivity contribution < 1.29 is 34.5 Å². The molecule has 0 aliphatic rings. The van der Waals surface area contributed by atoms with E-state index in [1.165, 1.54) is 31.2 Å². The molecule has 0 radical (unpaired) electrons. The van der Waals surface area contributed by atoms with E-state index in [0.29, 0.717) is 11.1 Å². The van der Waals surface area contributed by atoms with Gasteiger partial charge in [-0.25, -0.2) is 4.79 Å². The summed E-state index contributed by atoms with van der Waals surface area (Å²) in [6.45, 7) is 0.890. The Morgan fingerprint density at radius 2 is 1.58 bits per heavy atom. The van der Waals surface area contributed by atoms with Crippen LogP contribution in [-0.2, 0) is 32.0 Å². The second-order valence-corrected chi connectivity index (χ2v) is 8.88. The van der Waals surface area contributed by atoms with Gasteiger partial charge in [-0.15, -0.1) is 0 Å². The number of phenolic OH excluding ortho intramolecular Hbond substituents is 1. The molecular formula is C26H31N5O7. The van der Waals surface area contributed by atoms with E-state index in [9.17, 15) is 34.5 Å². The van der Waals surface area contributed by atoms with Gasteiger partial charge in [0.15, 0.2) is 0 Å². The first-order valence-corrected chi connectivity index (χ1v) is 11.9. The maximum atomic E-state index is 13.4. The zero-order chi connectivity index (χ0) is 27.8. The lowest BCUT2D eigenvalue weighted by Crippen LogP contribution is -2.59. The number of carboxylic acids is 1. The van der Waals surface area contributed by atoms with E-state index in [0.717, 1.165) is 10.9 Å². The van der Waals surface area contributed by atoms with Gasteiger partial charge in [-0.1, -0.05) is 30.3 Å². The molecule has 38 heavy (non-hydrogen) atoms. The Balaban J connectivity index is 1.86. The van der Waals surface area contributed by atoms with Crippen molar-refractivity contribution in [1.29, 1.82) is 0 Å². The molecule has 1 aromatic heterocycles. The highest BCUT2D eigenvalue weighted by atomic mass is 16.4. The number of aromatic hydroxyl groups is 1. The minimum Gasteiger partial charge on any atom is -0.508 e. The number of nitrogens with one attached hydrogen (secondary N) is 4. The minimum atomic E-state index is -1.39. The Morgan fingerprint density at radius 1 is 0.921 bits per heavy atom. The van der Waals surface area contributed by atoms with E-state index >= 15 is 0 Å². The Bertz CT molecular complexity index is 1290. The number of carbonyl (C=O) groups excluding carboxylic acids is 3. The van der Waals surface area contributed by atoms with E-state index in [-0.39, 0.29) is 18.6 Å². The molecule has 0 fully saturated rings. The van der Waals surface area contributed by atoms with E-state index in [2.05, 4.69) is 20.9 Å². The Labute approximate surface area is 218 Å². The molecular weight excluding hydrogens is 494 g/mol. The molecule has 0 saturated carbocycles. The summed E-state index contributed by atoms with van der Waals surface area (Å²) in [6, 6.07) is 9.24. The number of aromatic amines is 1. The molecule has 3 amide bonds. The van der Waals surface area contributed by atoms with Crippen molar-refractivity contribution in [2.24, 2.45) is 5.73 Å². The quantitative estimate of drug-likeness (QED) is 0.155. The second-order valence-electron chi connectivity index (χ2n) is 8.88. The number of carbonyl (C=O) groups is 4. The normalized spacial score (nSPS) is 14.2. The first-order valence-electron chi connectivity index (χ1n) is 11.9. The van der Waals surface area contributed by atoms with Crippen molar-refractivity contribution in [3.63, 3.8) is 0 Å². The van der Waals surface area contributed by atoms with Crippen LogP contribution in [0.3, 0.4) is 0 Å². The summed E-state index contributed by atoms with van der Waals surface area (Å²) in [5.74, 6) is -3.57. The Hall–Kier alpha value is -4.42. The van der Waals surface area contributed by atoms with Crippen LogP contribution in [-0.4, -0.2) is 74.8 Å². The number of aliphatic carboxylic acids is 1. The predicted molar refractivity (Wildman–Crippen MR) is 138 cm³/mol. The summed E-state index contributed by atoms with van der Waals surface area (Å²) in [4.78, 5) is 53.2. The Kier molecular flexibility index (Phi) is 9.41. The van der Waals surface area contributed by atoms with Gasteiger partial charge in [0.1, 0.15) is 23.9 Å². The number of amides is 3. The SMILES string of the molecule is C[C@@H](O)[C@H](NC(=O)CN)C(=O)N[C@@H](Cc1c[nH]c2ccccc12)C(=O)N[C@@H](Cc1ccc(O)cc1)C(=O)O. The number of phenols is 1. The summed E-state index contributed by atoms with van der Waals surface area (Å²) in [7, 11) is 0. The summed E-state index contributed by atoms with van der Waals surface area (Å²) < 4.78 is 0. The first kappa shape index (κ1) is 28.2. The lowest BCUT2D eigenvalue weighted by molar-refractivity contribution is -0.142. The van der Waals surface area contributed by atoms with Gasteiger partial charge < -0.3 is 42.0 Å². The van der Waals surface area contributed by atoms with E-state index in [1.807, 2.05) is 24.3 Å². The number of fused-ring (bicyclic) bond motifs is 1. The number of aliphatic hydroxyl groups excluding tert-OH is 1. The van der Waals surface area contributed by atoms with Crippen LogP contribution < -0.4 is 21.7 Å². The monoisotopic (exact) mass is 525 g/mol. The molecule has 3 rings (SSSR count). The summed E-state index contributed by atoms with van der Waals surface area (Å²) in [6.07, 6.45) is 0.302. The van der Waals surface area contributed by atoms with Gasteiger partial charge in [-0.3, -0.25) is 14.4 Å². The second kappa shape index (κ2) is 12.7. The van der Waals surface area contributed by atoms with Crippen LogP contribution in [0.15, 0.2) is 54.7 Å². The highest BCUT2D eigenvalue weighted by Crippen LogP contribution is 2.19. The molecule has 0 unspecified atom stereocenters. The van der Waals surface area contributed by atoms with Crippen LogP contribution in [0.5, 0.6) is 5.75 Å². The van der Waals surface area contributed by atoms with Crippen molar-refractivity contribution in [2.75, 3.05) is 6.54 Å². The molecule has 3 aromatic rings. The van der Waals surface area contributed by atoms with Gasteiger partial charge in [-0.05, 0) is 36.2 Å². The van der Waals surface area contributed by atoms with Crippen LogP contribution >= 0.6 is 0 Å². The largest absolute Gasteiger partial charge is 0.508 e. The number of hydrogen-bond donors (Lipinski definition) is 8. The number of hydrogen-bond acceptors (Lipinski definition) is 7. The van der Waals surface area contributed by atoms with Crippen molar-refractivity contribution in [1.82, 2.24) is 20.9 Å². The summed E-state index contributed by atoms with van der Waals surface area (Å²) >= 11 is 0. The van der Waals surface area contributed by atoms with Crippen molar-refractivity contribution >= 4 is 34.6 Å². The molecule has 202 valence electrons. The Morgan fingerprint density at radius 3 is 2.21 bits per heavy atom. The molecule has 0 aliphatic carbocycles. The fraction of sp³-hybridized carbons (Fsp3) is 0.308. The number of benzene rings is 2. The zero-order valence-electron chi connectivity index (χ0n) is 20.7. The van der Waals surface area contributed by atoms with E-state index < -0.39 is 54.5 Å². The first-order chi connectivity index (χ1) is 18.1. The fourth-order valence-corrected chi connectivity index (χ4v) is 3.97. The number of aliphatic hydroxyl groups is 1. The number of rotatable bonds is 12. The topological polar surface area (TPSA) is 207 Å². The zero-order valence-corrected chi connectivity index (χ0v) is 20.7. The van der Waals surface area contributed by atoms with Crippen LogP contribution in [0.4, 0.5) is 0 Å². The third-order valence-electron chi connectivity index (χ3n) is 5.99. The van der Waals surface area contributed by atoms with Crippen LogP contribution in [0.2, 0.25) is 0 Å². The predicted octanol–water partition coefficient (Wildman–Crippen LogP) is -0.463. The van der Waals surface area contributed by atoms with Gasteiger partial charge in [0.25, 0.3) is 0 Å². The molecule has 0 saturated heterocycles. The van der Waals surface area contributed by atoms with Gasteiger partial charge in [0.05, 0.1) is 12.6 Å². The standard InChI is InChI=1S/C26H31N5O7/c1-14(32)23(31-22(34)12-27)25(36)29-20(11-16-13-28-19-5-3-2-4-18(16)19)24(35)30-21(26(37)38)10-15-6-8-17(33)9-7-15/h2-9,13-14,20-21,23,28,32-33H,10-12,27H2,1H3,(H,29,36)(H,30,35)(H,31,34)(H,37,38)/t14-,20+,21+,23+/m1/s1. The maximum absolute atomic E-state index is 13.4. The van der Waals surface area contributed by atoms with Gasteiger partial charge >= 0.3 is 5.97 Å². The maximum Gasteiger partial charge on any atom is 0.326 e. The van der Waals surface area contributed by atoms with Crippen LogP contribution in [0.25, 0.3) is 10.9 Å². The average molecular weight is 526 g/mol. The average Bonchev–Trinajstić information content (AvgIpc) is 3.29. The number of carboxylic acid groups (broad SMARTS) is 1. The molecule has 9 N–H and O–H groups in total. The molecule has 12 nitrogen and oxygen atoms in total. The molecule has 0 aliphatic heterocycles. The number of para-hydroxylation sites is 1. The highest BCUT2D eigenvalue weighted by Gasteiger charge is 2.32. The fourth-order valence-electron chi connectivity index (χ4n) is 3.97. The number of H-pyrrole nitrogens is 1. The molecule has 0 bridgehead atoms. The van der Waals surface area contributed by atoms with E-state index in [1.54, 1.807) is 6.20 Å². The molecule has 4 atom stereocenters. The van der Waals surface area contributed by atoms with Crippen LogP contribution in [0.1, 0.15) is 18.1 Å². The number of nitrogens with two attached hydrogens (primary N) is 1. The third kappa shape index (κ3) is 7.31. The van der Waals surface area contributed by atoms with Gasteiger partial charge in [0.2, 0.25) is 17.7 Å². The van der Waals surface area contributed by atoms with Crippen molar-refractivity contribution in [3.05, 3.63) is 65.9 Å². The minimum absolute atomic E-state index is 0.00942. The smallest absolute Gasteiger partial charge is 0.326 e. The molecule has 2 aromatic carbocycles. The van der Waals surface area contributed by atoms with Gasteiger partial charge in [0, 0.05) is 29.9 Å². The summed E-state index contributed by atoms with van der Waals surface area (Å²) in [5, 5.41) is 37.4. The molecule has 0 spiro atoms. The third-order valence-corrected chi connectivity index (χ3v) is 5.99. The summed E-state index contributed by atoms with van der Waals surface area (Å²) in [5.41, 5.74) is 7.36. The van der Waals surface area contributed by atoms with Crippen molar-refractivity contribution in [3.8, 4) is 5.75 Å².